The van der Waals surface area contributed by atoms with Crippen LogP contribution in [0.2, 0.25) is 0 Å². The van der Waals surface area contributed by atoms with E-state index in [4.69, 9.17) is 0 Å². The van der Waals surface area contributed by atoms with Crippen molar-refractivity contribution in [2.45, 2.75) is 33.4 Å². The van der Waals surface area contributed by atoms with Crippen molar-refractivity contribution in [3.05, 3.63) is 30.1 Å². The number of imidazole rings is 1. The molecular weight excluding hydrogens is 248 g/mol. The highest BCUT2D eigenvalue weighted by molar-refractivity contribution is 5.75. The van der Waals surface area contributed by atoms with Crippen LogP contribution in [-0.2, 0) is 6.54 Å². The minimum absolute atomic E-state index is 0.420. The molecule has 19 heavy (non-hydrogen) atoms. The molecule has 104 valence electrons. The molecule has 0 saturated carbocycles. The number of fused-ring (bicyclic) bond motifs is 1. The predicted molar refractivity (Wildman–Crippen MR) is 72.0 cm³/mol. The fourth-order valence-corrected chi connectivity index (χ4v) is 1.88. The minimum atomic E-state index is -0.857. The van der Waals surface area contributed by atoms with E-state index in [-0.39, 0.29) is 0 Å². The van der Waals surface area contributed by atoms with Crippen LogP contribution in [0.3, 0.4) is 0 Å². The van der Waals surface area contributed by atoms with E-state index in [0.717, 1.165) is 12.6 Å². The largest absolute Gasteiger partial charge is 0.329 e. The van der Waals surface area contributed by atoms with Gasteiger partial charge in [0.1, 0.15) is 0 Å². The van der Waals surface area contributed by atoms with Crippen LogP contribution in [0, 0.1) is 17.6 Å². The molecule has 5 heteroatoms. The van der Waals surface area contributed by atoms with Crippen molar-refractivity contribution in [1.29, 1.82) is 0 Å². The van der Waals surface area contributed by atoms with E-state index in [1.165, 1.54) is 6.07 Å². The Bertz CT molecular complexity index is 563. The Morgan fingerprint density at radius 2 is 1.89 bits per heavy atom. The fraction of sp³-hybridized carbons (Fsp3) is 0.500. The lowest BCUT2D eigenvalue weighted by Gasteiger charge is -2.17. The van der Waals surface area contributed by atoms with Crippen molar-refractivity contribution in [3.63, 3.8) is 0 Å². The number of benzene rings is 1. The zero-order valence-corrected chi connectivity index (χ0v) is 11.5. The topological polar surface area (TPSA) is 29.9 Å². The van der Waals surface area contributed by atoms with Crippen LogP contribution in [0.5, 0.6) is 0 Å². The third-order valence-corrected chi connectivity index (χ3v) is 3.48. The monoisotopic (exact) mass is 267 g/mol. The van der Waals surface area contributed by atoms with Gasteiger partial charge in [-0.05, 0) is 12.8 Å². The first-order chi connectivity index (χ1) is 8.99. The maximum Gasteiger partial charge on any atom is 0.161 e. The molecule has 1 aromatic heterocycles. The van der Waals surface area contributed by atoms with Gasteiger partial charge >= 0.3 is 0 Å². The van der Waals surface area contributed by atoms with Crippen molar-refractivity contribution in [2.24, 2.45) is 5.92 Å². The standard InChI is InChI=1S/C14H19F2N3/c1-9(2)10(3)17-4-5-19-8-18-13-6-11(15)12(16)7-14(13)19/h6-10,17H,4-5H2,1-3H3. The Hall–Kier alpha value is -1.49. The highest BCUT2D eigenvalue weighted by Crippen LogP contribution is 2.17. The zero-order valence-electron chi connectivity index (χ0n) is 11.5. The van der Waals surface area contributed by atoms with Crippen molar-refractivity contribution >= 4 is 11.0 Å². The van der Waals surface area contributed by atoms with Crippen LogP contribution >= 0.6 is 0 Å². The average molecular weight is 267 g/mol. The summed E-state index contributed by atoms with van der Waals surface area (Å²) in [4.78, 5) is 4.08. The molecule has 3 nitrogen and oxygen atoms in total. The van der Waals surface area contributed by atoms with Crippen molar-refractivity contribution in [3.8, 4) is 0 Å². The molecule has 1 unspecified atom stereocenters. The summed E-state index contributed by atoms with van der Waals surface area (Å²) in [5.74, 6) is -1.13. The molecule has 1 aromatic carbocycles. The van der Waals surface area contributed by atoms with Crippen molar-refractivity contribution < 1.29 is 8.78 Å². The van der Waals surface area contributed by atoms with Gasteiger partial charge in [-0.25, -0.2) is 13.8 Å². The van der Waals surface area contributed by atoms with Gasteiger partial charge < -0.3 is 9.88 Å². The summed E-state index contributed by atoms with van der Waals surface area (Å²) in [6, 6.07) is 2.75. The smallest absolute Gasteiger partial charge is 0.161 e. The summed E-state index contributed by atoms with van der Waals surface area (Å²) in [5.41, 5.74) is 1.11. The summed E-state index contributed by atoms with van der Waals surface area (Å²) >= 11 is 0. The van der Waals surface area contributed by atoms with Crippen LogP contribution in [0.4, 0.5) is 8.78 Å². The number of hydrogen-bond donors (Lipinski definition) is 1. The van der Waals surface area contributed by atoms with Crippen molar-refractivity contribution in [2.75, 3.05) is 6.54 Å². The van der Waals surface area contributed by atoms with Gasteiger partial charge in [-0.2, -0.15) is 0 Å². The number of rotatable bonds is 5. The molecule has 0 saturated heterocycles. The van der Waals surface area contributed by atoms with Gasteiger partial charge in [0.05, 0.1) is 17.4 Å². The zero-order chi connectivity index (χ0) is 14.0. The Morgan fingerprint density at radius 1 is 1.21 bits per heavy atom. The van der Waals surface area contributed by atoms with Gasteiger partial charge in [-0.3, -0.25) is 0 Å². The maximum absolute atomic E-state index is 13.2. The lowest BCUT2D eigenvalue weighted by atomic mass is 10.1. The van der Waals surface area contributed by atoms with E-state index in [1.54, 1.807) is 6.33 Å². The maximum atomic E-state index is 13.2. The Morgan fingerprint density at radius 3 is 2.58 bits per heavy atom. The van der Waals surface area contributed by atoms with Gasteiger partial charge in [-0.1, -0.05) is 13.8 Å². The first-order valence-corrected chi connectivity index (χ1v) is 6.52. The quantitative estimate of drug-likeness (QED) is 0.902. The number of aromatic nitrogens is 2. The molecular formula is C14H19F2N3. The lowest BCUT2D eigenvalue weighted by Crippen LogP contribution is -2.33. The fourth-order valence-electron chi connectivity index (χ4n) is 1.88. The van der Waals surface area contributed by atoms with Crippen LogP contribution in [0.15, 0.2) is 18.5 Å². The molecule has 0 aliphatic rings. The first kappa shape index (κ1) is 13.9. The number of halogens is 2. The molecule has 1 atom stereocenters. The normalized spacial score (nSPS) is 13.4. The number of hydrogen-bond acceptors (Lipinski definition) is 2. The lowest BCUT2D eigenvalue weighted by molar-refractivity contribution is 0.418. The van der Waals surface area contributed by atoms with Crippen LogP contribution < -0.4 is 5.32 Å². The number of nitrogens with one attached hydrogen (secondary N) is 1. The molecule has 2 rings (SSSR count). The highest BCUT2D eigenvalue weighted by atomic mass is 19.2. The molecule has 0 amide bonds. The molecule has 0 spiro atoms. The molecule has 0 aliphatic carbocycles. The first-order valence-electron chi connectivity index (χ1n) is 6.52. The third-order valence-electron chi connectivity index (χ3n) is 3.48. The minimum Gasteiger partial charge on any atom is -0.329 e. The summed E-state index contributed by atoms with van der Waals surface area (Å²) in [7, 11) is 0. The summed E-state index contributed by atoms with van der Waals surface area (Å²) in [6.07, 6.45) is 1.62. The Balaban J connectivity index is 2.07. The van der Waals surface area contributed by atoms with Gasteiger partial charge in [-0.15, -0.1) is 0 Å². The van der Waals surface area contributed by atoms with E-state index in [2.05, 4.69) is 31.1 Å². The Labute approximate surface area is 111 Å². The average Bonchev–Trinajstić information content (AvgIpc) is 2.72. The molecule has 0 aliphatic heterocycles. The third kappa shape index (κ3) is 3.10. The second kappa shape index (κ2) is 5.65. The summed E-state index contributed by atoms with van der Waals surface area (Å²) in [6.45, 7) is 7.89. The van der Waals surface area contributed by atoms with Crippen LogP contribution in [0.25, 0.3) is 11.0 Å². The second-order valence-corrected chi connectivity index (χ2v) is 5.18. The molecule has 0 bridgehead atoms. The number of nitrogens with zero attached hydrogens (tertiary/aromatic N) is 2. The van der Waals surface area contributed by atoms with E-state index < -0.39 is 11.6 Å². The van der Waals surface area contributed by atoms with Gasteiger partial charge in [0.25, 0.3) is 0 Å². The van der Waals surface area contributed by atoms with E-state index >= 15 is 0 Å². The van der Waals surface area contributed by atoms with Crippen molar-refractivity contribution in [1.82, 2.24) is 14.9 Å². The summed E-state index contributed by atoms with van der Waals surface area (Å²) in [5, 5.41) is 3.39. The second-order valence-electron chi connectivity index (χ2n) is 5.18. The highest BCUT2D eigenvalue weighted by Gasteiger charge is 2.10. The molecule has 2 aromatic rings. The van der Waals surface area contributed by atoms with E-state index in [1.807, 2.05) is 4.57 Å². The van der Waals surface area contributed by atoms with Crippen LogP contribution in [0.1, 0.15) is 20.8 Å². The molecule has 0 radical (unpaired) electrons. The van der Waals surface area contributed by atoms with Gasteiger partial charge in [0.2, 0.25) is 0 Å². The van der Waals surface area contributed by atoms with Gasteiger partial charge in [0, 0.05) is 31.3 Å². The molecule has 0 fully saturated rings. The van der Waals surface area contributed by atoms with E-state index in [9.17, 15) is 8.78 Å². The molecule has 1 heterocycles. The van der Waals surface area contributed by atoms with E-state index in [0.29, 0.717) is 29.5 Å². The Kier molecular flexibility index (Phi) is 4.14. The molecule has 1 N–H and O–H groups in total. The summed E-state index contributed by atoms with van der Waals surface area (Å²) < 4.78 is 28.1. The predicted octanol–water partition coefficient (Wildman–Crippen LogP) is 2.95. The van der Waals surface area contributed by atoms with Crippen LogP contribution in [-0.4, -0.2) is 22.1 Å². The SMILES string of the molecule is CC(C)C(C)NCCn1cnc2cc(F)c(F)cc21. The van der Waals surface area contributed by atoms with Gasteiger partial charge in [0.15, 0.2) is 11.6 Å².